The maximum atomic E-state index is 14.0. The van der Waals surface area contributed by atoms with E-state index in [-0.39, 0.29) is 12.0 Å². The molecule has 5 nitrogen and oxygen atoms in total. The van der Waals surface area contributed by atoms with Crippen LogP contribution in [0.15, 0.2) is 24.3 Å². The zero-order chi connectivity index (χ0) is 24.8. The Bertz CT molecular complexity index is 1070. The summed E-state index contributed by atoms with van der Waals surface area (Å²) in [6.07, 6.45) is -5.31. The Morgan fingerprint density at radius 3 is 2.50 bits per heavy atom. The van der Waals surface area contributed by atoms with E-state index in [2.05, 4.69) is 9.64 Å². The van der Waals surface area contributed by atoms with Crippen LogP contribution in [0.3, 0.4) is 0 Å². The van der Waals surface area contributed by atoms with Crippen molar-refractivity contribution >= 4 is 5.97 Å². The van der Waals surface area contributed by atoms with Gasteiger partial charge in [0.1, 0.15) is 6.10 Å². The van der Waals surface area contributed by atoms with E-state index in [0.717, 1.165) is 11.1 Å². The molecule has 0 N–H and O–H groups in total. The van der Waals surface area contributed by atoms with Crippen LogP contribution in [-0.2, 0) is 21.4 Å². The highest BCUT2D eigenvalue weighted by atomic mass is 19.4. The number of nitrogens with zero attached hydrogens (tertiary/aromatic N) is 1. The van der Waals surface area contributed by atoms with Gasteiger partial charge < -0.3 is 19.1 Å². The summed E-state index contributed by atoms with van der Waals surface area (Å²) in [5.74, 6) is -15.2. The second kappa shape index (κ2) is 7.02. The highest BCUT2D eigenvalue weighted by Crippen LogP contribution is 2.63. The molecule has 0 aromatic heterocycles. The average Bonchev–Trinajstić information content (AvgIpc) is 3.11. The number of benzene rings is 1. The summed E-state index contributed by atoms with van der Waals surface area (Å²) < 4.78 is 109. The zero-order valence-corrected chi connectivity index (χ0v) is 18.0. The van der Waals surface area contributed by atoms with Crippen molar-refractivity contribution in [2.75, 3.05) is 20.7 Å². The van der Waals surface area contributed by atoms with E-state index in [1.165, 1.54) is 13.2 Å². The van der Waals surface area contributed by atoms with Gasteiger partial charge in [-0.2, -0.15) is 30.7 Å². The summed E-state index contributed by atoms with van der Waals surface area (Å²) in [5.41, 5.74) is 0.875. The monoisotopic (exact) mass is 495 g/mol. The van der Waals surface area contributed by atoms with Crippen molar-refractivity contribution in [3.8, 4) is 11.5 Å². The lowest BCUT2D eigenvalue weighted by Crippen LogP contribution is -2.65. The number of esters is 1. The second-order valence-electron chi connectivity index (χ2n) is 9.14. The van der Waals surface area contributed by atoms with Gasteiger partial charge in [0.25, 0.3) is 0 Å². The van der Waals surface area contributed by atoms with Crippen molar-refractivity contribution in [1.82, 2.24) is 4.90 Å². The smallest absolute Gasteiger partial charge is 0.460 e. The zero-order valence-electron chi connectivity index (χ0n) is 18.0. The van der Waals surface area contributed by atoms with Crippen molar-refractivity contribution in [2.24, 2.45) is 5.92 Å². The first-order valence-corrected chi connectivity index (χ1v) is 10.6. The SMILES string of the molecule is COc1ccc2c3c1OC1C(OC(=O)C(F)(F)C(F)(F)C(F)(F)F)C=CC4C(C2)N(C)CCC341. The van der Waals surface area contributed by atoms with Gasteiger partial charge in [-0.3, -0.25) is 0 Å². The van der Waals surface area contributed by atoms with Gasteiger partial charge in [-0.1, -0.05) is 12.1 Å². The second-order valence-corrected chi connectivity index (χ2v) is 9.14. The molecule has 5 rings (SSSR count). The van der Waals surface area contributed by atoms with Crippen LogP contribution in [0.1, 0.15) is 17.5 Å². The van der Waals surface area contributed by atoms with Crippen molar-refractivity contribution in [3.63, 3.8) is 0 Å². The van der Waals surface area contributed by atoms with Crippen LogP contribution in [0.4, 0.5) is 30.7 Å². The number of carbonyl (C=O) groups is 1. The van der Waals surface area contributed by atoms with Gasteiger partial charge in [-0.25, -0.2) is 4.79 Å². The summed E-state index contributed by atoms with van der Waals surface area (Å²) in [5, 5.41) is 0. The summed E-state index contributed by atoms with van der Waals surface area (Å²) in [6, 6.07) is 3.56. The molecule has 12 heteroatoms. The molecule has 0 saturated carbocycles. The molecule has 2 heterocycles. The normalized spacial score (nSPS) is 32.1. The van der Waals surface area contributed by atoms with Gasteiger partial charge >= 0.3 is 24.0 Å². The highest BCUT2D eigenvalue weighted by Gasteiger charge is 2.77. The van der Waals surface area contributed by atoms with E-state index >= 15 is 0 Å². The molecule has 1 aromatic carbocycles. The Morgan fingerprint density at radius 1 is 1.15 bits per heavy atom. The minimum Gasteiger partial charge on any atom is -0.493 e. The molecule has 4 aliphatic rings. The van der Waals surface area contributed by atoms with Gasteiger partial charge in [0.05, 0.1) is 7.11 Å². The lowest BCUT2D eigenvalue weighted by atomic mass is 9.53. The molecule has 0 amide bonds. The largest absolute Gasteiger partial charge is 0.493 e. The molecule has 5 unspecified atom stereocenters. The van der Waals surface area contributed by atoms with E-state index in [0.29, 0.717) is 30.9 Å². The number of ether oxygens (including phenoxy) is 3. The van der Waals surface area contributed by atoms with E-state index in [9.17, 15) is 35.5 Å². The van der Waals surface area contributed by atoms with E-state index in [4.69, 9.17) is 9.47 Å². The third-order valence-corrected chi connectivity index (χ3v) is 7.58. The molecule has 2 bridgehead atoms. The number of halogens is 7. The quantitative estimate of drug-likeness (QED) is 0.361. The minimum absolute atomic E-state index is 0.00981. The number of hydrogen-bond donors (Lipinski definition) is 0. The van der Waals surface area contributed by atoms with E-state index < -0.39 is 41.6 Å². The molecule has 1 spiro atoms. The number of hydrogen-bond acceptors (Lipinski definition) is 5. The molecule has 1 fully saturated rings. The summed E-state index contributed by atoms with van der Waals surface area (Å²) in [4.78, 5) is 14.2. The molecule has 186 valence electrons. The number of likely N-dealkylation sites (tertiary alicyclic amines) is 1. The number of rotatable bonds is 4. The van der Waals surface area contributed by atoms with Crippen LogP contribution >= 0.6 is 0 Å². The number of methoxy groups -OCH3 is 1. The third-order valence-electron chi connectivity index (χ3n) is 7.58. The molecule has 5 atom stereocenters. The topological polar surface area (TPSA) is 48.0 Å². The van der Waals surface area contributed by atoms with Crippen molar-refractivity contribution in [2.45, 2.75) is 54.5 Å². The molecule has 2 aliphatic carbocycles. The van der Waals surface area contributed by atoms with Crippen LogP contribution in [0, 0.1) is 5.92 Å². The van der Waals surface area contributed by atoms with E-state index in [1.54, 1.807) is 12.1 Å². The molecule has 1 aromatic rings. The van der Waals surface area contributed by atoms with Gasteiger partial charge in [0.15, 0.2) is 17.6 Å². The first-order chi connectivity index (χ1) is 15.8. The molecule has 0 radical (unpaired) electrons. The van der Waals surface area contributed by atoms with E-state index in [1.807, 2.05) is 13.1 Å². The highest BCUT2D eigenvalue weighted by molar-refractivity contribution is 5.79. The lowest BCUT2D eigenvalue weighted by Gasteiger charge is -2.56. The van der Waals surface area contributed by atoms with Crippen molar-refractivity contribution in [1.29, 1.82) is 0 Å². The van der Waals surface area contributed by atoms with Crippen LogP contribution in [0.2, 0.25) is 0 Å². The minimum atomic E-state index is -6.64. The Hall–Kier alpha value is -2.50. The predicted octanol–water partition coefficient (Wildman–Crippen LogP) is 3.88. The Labute approximate surface area is 189 Å². The maximum Gasteiger partial charge on any atom is 0.460 e. The molecule has 2 aliphatic heterocycles. The summed E-state index contributed by atoms with van der Waals surface area (Å²) >= 11 is 0. The number of piperidine rings is 1. The van der Waals surface area contributed by atoms with Gasteiger partial charge in [0.2, 0.25) is 0 Å². The molecule has 34 heavy (non-hydrogen) atoms. The summed E-state index contributed by atoms with van der Waals surface area (Å²) in [6.45, 7) is 0.591. The fraction of sp³-hybridized carbons (Fsp3) is 0.591. The Kier molecular flexibility index (Phi) is 4.80. The Balaban J connectivity index is 1.55. The van der Waals surface area contributed by atoms with Crippen molar-refractivity contribution in [3.05, 3.63) is 35.4 Å². The van der Waals surface area contributed by atoms with Crippen LogP contribution in [-0.4, -0.2) is 67.8 Å². The first kappa shape index (κ1) is 23.3. The van der Waals surface area contributed by atoms with Crippen LogP contribution < -0.4 is 9.47 Å². The number of likely N-dealkylation sites (N-methyl/N-ethyl adjacent to an activating group) is 1. The standard InChI is InChI=1S/C22H20F7NO4/c1-30-8-7-19-11-4-6-14(33-18(31)20(23,24)21(25,26)22(27,28)29)17(19)34-16-13(32-2)5-3-10(15(16)19)9-12(11)30/h3-6,11-12,14,17H,7-9H2,1-2H3. The third kappa shape index (κ3) is 2.74. The maximum absolute atomic E-state index is 14.0. The van der Waals surface area contributed by atoms with Crippen LogP contribution in [0.5, 0.6) is 11.5 Å². The fourth-order valence-electron chi connectivity index (χ4n) is 5.98. The van der Waals surface area contributed by atoms with Gasteiger partial charge in [-0.15, -0.1) is 0 Å². The number of alkyl halides is 7. The lowest BCUT2D eigenvalue weighted by molar-refractivity contribution is -0.349. The summed E-state index contributed by atoms with van der Waals surface area (Å²) in [7, 11) is 3.35. The Morgan fingerprint density at radius 2 is 1.85 bits per heavy atom. The first-order valence-electron chi connectivity index (χ1n) is 10.6. The van der Waals surface area contributed by atoms with Gasteiger partial charge in [-0.05, 0) is 44.1 Å². The molecule has 1 saturated heterocycles. The van der Waals surface area contributed by atoms with Crippen molar-refractivity contribution < 1.29 is 49.7 Å². The average molecular weight is 495 g/mol. The molecular weight excluding hydrogens is 475 g/mol. The molecular formula is C22H20F7NO4. The van der Waals surface area contributed by atoms with Crippen LogP contribution in [0.25, 0.3) is 0 Å². The fourth-order valence-corrected chi connectivity index (χ4v) is 5.98. The predicted molar refractivity (Wildman–Crippen MR) is 102 cm³/mol. The van der Waals surface area contributed by atoms with Gasteiger partial charge in [0, 0.05) is 22.9 Å². The number of carbonyl (C=O) groups excluding carboxylic acids is 1.